The van der Waals surface area contributed by atoms with Gasteiger partial charge in [0.2, 0.25) is 0 Å². The highest BCUT2D eigenvalue weighted by molar-refractivity contribution is 6.31. The van der Waals surface area contributed by atoms with Crippen LogP contribution in [-0.2, 0) is 0 Å². The standard InChI is InChI=1S/C13H18ClFN2/c1-8-2-4-9(5-3-8)17-13-6-10(14)11(15)7-12(13)16/h6-9,17H,2-5,16H2,1H3. The SMILES string of the molecule is CC1CCC(Nc2cc(Cl)c(F)cc2N)CC1. The second-order valence-corrected chi connectivity index (χ2v) is 5.36. The fourth-order valence-electron chi connectivity index (χ4n) is 2.31. The van der Waals surface area contributed by atoms with Crippen molar-refractivity contribution < 1.29 is 4.39 Å². The van der Waals surface area contributed by atoms with Crippen LogP contribution in [0.5, 0.6) is 0 Å². The van der Waals surface area contributed by atoms with E-state index in [1.807, 2.05) is 0 Å². The van der Waals surface area contributed by atoms with Crippen LogP contribution >= 0.6 is 11.6 Å². The van der Waals surface area contributed by atoms with Crippen LogP contribution in [0.25, 0.3) is 0 Å². The smallest absolute Gasteiger partial charge is 0.143 e. The van der Waals surface area contributed by atoms with Crippen LogP contribution in [0.15, 0.2) is 12.1 Å². The van der Waals surface area contributed by atoms with E-state index in [0.29, 0.717) is 11.7 Å². The van der Waals surface area contributed by atoms with Gasteiger partial charge in [-0.3, -0.25) is 0 Å². The number of benzene rings is 1. The number of halogens is 2. The summed E-state index contributed by atoms with van der Waals surface area (Å²) in [5.41, 5.74) is 6.94. The van der Waals surface area contributed by atoms with Crippen LogP contribution in [0, 0.1) is 11.7 Å². The molecule has 2 nitrogen and oxygen atoms in total. The van der Waals surface area contributed by atoms with Gasteiger partial charge in [-0.1, -0.05) is 18.5 Å². The number of nitrogens with two attached hydrogens (primary N) is 1. The molecular formula is C13H18ClFN2. The predicted molar refractivity (Wildman–Crippen MR) is 70.9 cm³/mol. The Morgan fingerprint density at radius 1 is 1.29 bits per heavy atom. The number of hydrogen-bond donors (Lipinski definition) is 2. The van der Waals surface area contributed by atoms with Crippen LogP contribution in [0.2, 0.25) is 5.02 Å². The van der Waals surface area contributed by atoms with Crippen LogP contribution in [-0.4, -0.2) is 6.04 Å². The number of nitrogen functional groups attached to an aromatic ring is 1. The predicted octanol–water partition coefficient (Wildman–Crippen LogP) is 4.05. The normalized spacial score (nSPS) is 24.6. The van der Waals surface area contributed by atoms with Gasteiger partial charge in [0.15, 0.2) is 0 Å². The summed E-state index contributed by atoms with van der Waals surface area (Å²) < 4.78 is 13.1. The Kier molecular flexibility index (Phi) is 3.77. The summed E-state index contributed by atoms with van der Waals surface area (Å²) in [5.74, 6) is 0.342. The topological polar surface area (TPSA) is 38.0 Å². The maximum Gasteiger partial charge on any atom is 0.143 e. The van der Waals surface area contributed by atoms with Gasteiger partial charge in [0.25, 0.3) is 0 Å². The maximum absolute atomic E-state index is 13.1. The van der Waals surface area contributed by atoms with Crippen molar-refractivity contribution >= 4 is 23.0 Å². The van der Waals surface area contributed by atoms with Gasteiger partial charge in [0.05, 0.1) is 16.4 Å². The lowest BCUT2D eigenvalue weighted by molar-refractivity contribution is 0.361. The van der Waals surface area contributed by atoms with E-state index in [-0.39, 0.29) is 5.02 Å². The quantitative estimate of drug-likeness (QED) is 0.784. The summed E-state index contributed by atoms with van der Waals surface area (Å²) in [6.07, 6.45) is 4.73. The highest BCUT2D eigenvalue weighted by Gasteiger charge is 2.19. The Morgan fingerprint density at radius 3 is 2.59 bits per heavy atom. The molecule has 94 valence electrons. The zero-order valence-electron chi connectivity index (χ0n) is 9.97. The molecule has 0 amide bonds. The van der Waals surface area contributed by atoms with E-state index in [2.05, 4.69) is 12.2 Å². The lowest BCUT2D eigenvalue weighted by atomic mass is 9.87. The van der Waals surface area contributed by atoms with Crippen LogP contribution in [0.1, 0.15) is 32.6 Å². The van der Waals surface area contributed by atoms with Gasteiger partial charge < -0.3 is 11.1 Å². The first kappa shape index (κ1) is 12.5. The molecule has 3 N–H and O–H groups in total. The molecule has 1 aliphatic rings. The van der Waals surface area contributed by atoms with Crippen molar-refractivity contribution in [2.45, 2.75) is 38.6 Å². The molecule has 0 aliphatic heterocycles. The summed E-state index contributed by atoms with van der Waals surface area (Å²) in [4.78, 5) is 0. The van der Waals surface area contributed by atoms with Crippen LogP contribution in [0.3, 0.4) is 0 Å². The highest BCUT2D eigenvalue weighted by Crippen LogP contribution is 2.30. The van der Waals surface area contributed by atoms with Crippen molar-refractivity contribution in [1.29, 1.82) is 0 Å². The first-order valence-corrected chi connectivity index (χ1v) is 6.45. The minimum absolute atomic E-state index is 0.117. The van der Waals surface area contributed by atoms with Gasteiger partial charge in [-0.15, -0.1) is 0 Å². The fourth-order valence-corrected chi connectivity index (χ4v) is 2.48. The Balaban J connectivity index is 2.06. The van der Waals surface area contributed by atoms with E-state index in [0.717, 1.165) is 24.4 Å². The third-order valence-electron chi connectivity index (χ3n) is 3.47. The molecule has 0 unspecified atom stereocenters. The molecule has 4 heteroatoms. The van der Waals surface area contributed by atoms with E-state index < -0.39 is 5.82 Å². The van der Waals surface area contributed by atoms with Crippen LogP contribution in [0.4, 0.5) is 15.8 Å². The van der Waals surface area contributed by atoms with E-state index in [1.165, 1.54) is 18.9 Å². The minimum atomic E-state index is -0.466. The first-order chi connectivity index (χ1) is 8.06. The monoisotopic (exact) mass is 256 g/mol. The lowest BCUT2D eigenvalue weighted by Crippen LogP contribution is -2.25. The van der Waals surface area contributed by atoms with Crippen LogP contribution < -0.4 is 11.1 Å². The molecule has 1 fully saturated rings. The second kappa shape index (κ2) is 5.13. The molecule has 2 rings (SSSR count). The second-order valence-electron chi connectivity index (χ2n) is 4.95. The molecule has 1 saturated carbocycles. The van der Waals surface area contributed by atoms with Gasteiger partial charge in [0, 0.05) is 12.1 Å². The molecule has 0 aromatic heterocycles. The summed E-state index contributed by atoms with van der Waals surface area (Å²) in [5, 5.41) is 3.48. The molecule has 0 bridgehead atoms. The number of anilines is 2. The molecule has 0 spiro atoms. The highest BCUT2D eigenvalue weighted by atomic mass is 35.5. The van der Waals surface area contributed by atoms with E-state index in [9.17, 15) is 4.39 Å². The minimum Gasteiger partial charge on any atom is -0.397 e. The third kappa shape index (κ3) is 3.03. The molecule has 1 aromatic rings. The Labute approximate surface area is 106 Å². The van der Waals surface area contributed by atoms with E-state index in [1.54, 1.807) is 6.07 Å². The number of rotatable bonds is 2. The molecular weight excluding hydrogens is 239 g/mol. The largest absolute Gasteiger partial charge is 0.397 e. The Hall–Kier alpha value is -0.960. The van der Waals surface area contributed by atoms with Crippen molar-refractivity contribution in [2.24, 2.45) is 5.92 Å². The summed E-state index contributed by atoms with van der Waals surface area (Å²) in [7, 11) is 0. The fraction of sp³-hybridized carbons (Fsp3) is 0.538. The Morgan fingerprint density at radius 2 is 1.94 bits per heavy atom. The molecule has 1 aromatic carbocycles. The lowest BCUT2D eigenvalue weighted by Gasteiger charge is -2.28. The molecule has 0 heterocycles. The molecule has 0 atom stereocenters. The van der Waals surface area contributed by atoms with Gasteiger partial charge >= 0.3 is 0 Å². The van der Waals surface area contributed by atoms with Gasteiger partial charge in [-0.05, 0) is 37.7 Å². The molecule has 0 saturated heterocycles. The van der Waals surface area contributed by atoms with Gasteiger partial charge in [-0.25, -0.2) is 4.39 Å². The average molecular weight is 257 g/mol. The van der Waals surface area contributed by atoms with Gasteiger partial charge in [0.1, 0.15) is 5.82 Å². The molecule has 17 heavy (non-hydrogen) atoms. The third-order valence-corrected chi connectivity index (χ3v) is 3.76. The van der Waals surface area contributed by atoms with Crippen molar-refractivity contribution in [3.63, 3.8) is 0 Å². The first-order valence-electron chi connectivity index (χ1n) is 6.07. The summed E-state index contributed by atoms with van der Waals surface area (Å²) >= 11 is 5.76. The zero-order valence-corrected chi connectivity index (χ0v) is 10.7. The number of nitrogens with one attached hydrogen (secondary N) is 1. The Bertz CT molecular complexity index is 401. The van der Waals surface area contributed by atoms with E-state index in [4.69, 9.17) is 17.3 Å². The summed E-state index contributed by atoms with van der Waals surface area (Å²) in [6, 6.07) is 3.27. The van der Waals surface area contributed by atoms with Crippen molar-refractivity contribution in [3.8, 4) is 0 Å². The van der Waals surface area contributed by atoms with E-state index >= 15 is 0 Å². The van der Waals surface area contributed by atoms with Crippen molar-refractivity contribution in [2.75, 3.05) is 11.1 Å². The van der Waals surface area contributed by atoms with Gasteiger partial charge in [-0.2, -0.15) is 0 Å². The summed E-state index contributed by atoms with van der Waals surface area (Å²) in [6.45, 7) is 2.28. The number of hydrogen-bond acceptors (Lipinski definition) is 2. The molecule has 0 radical (unpaired) electrons. The van der Waals surface area contributed by atoms with Crippen molar-refractivity contribution in [3.05, 3.63) is 23.0 Å². The zero-order chi connectivity index (χ0) is 12.4. The average Bonchev–Trinajstić information content (AvgIpc) is 2.29. The molecule has 1 aliphatic carbocycles. The maximum atomic E-state index is 13.1. The van der Waals surface area contributed by atoms with Crippen molar-refractivity contribution in [1.82, 2.24) is 0 Å².